The van der Waals surface area contributed by atoms with E-state index in [2.05, 4.69) is 5.32 Å². The highest BCUT2D eigenvalue weighted by atomic mass is 35.5. The van der Waals surface area contributed by atoms with E-state index < -0.39 is 5.54 Å². The average Bonchev–Trinajstić information content (AvgIpc) is 2.99. The number of halogens is 2. The molecule has 1 aliphatic rings. The van der Waals surface area contributed by atoms with E-state index in [0.717, 1.165) is 18.4 Å². The van der Waals surface area contributed by atoms with Crippen LogP contribution in [0.2, 0.25) is 5.02 Å². The lowest BCUT2D eigenvalue weighted by Gasteiger charge is -2.17. The van der Waals surface area contributed by atoms with Gasteiger partial charge in [0, 0.05) is 5.02 Å². The molecule has 0 heterocycles. The first-order valence-corrected chi connectivity index (χ1v) is 5.74. The summed E-state index contributed by atoms with van der Waals surface area (Å²) >= 11 is 5.80. The largest absolute Gasteiger partial charge is 0.348 e. The van der Waals surface area contributed by atoms with Gasteiger partial charge in [-0.1, -0.05) is 23.7 Å². The molecule has 1 fully saturated rings. The summed E-state index contributed by atoms with van der Waals surface area (Å²) in [5, 5.41) is 3.61. The van der Waals surface area contributed by atoms with Crippen LogP contribution in [0.25, 0.3) is 0 Å². The minimum absolute atomic E-state index is 0. The monoisotopic (exact) mass is 274 g/mol. The smallest absolute Gasteiger partial charge is 0.240 e. The second kappa shape index (κ2) is 5.25. The molecule has 1 aromatic rings. The van der Waals surface area contributed by atoms with E-state index >= 15 is 0 Å². The van der Waals surface area contributed by atoms with Gasteiger partial charge < -0.3 is 11.1 Å². The first-order chi connectivity index (χ1) is 7.51. The highest BCUT2D eigenvalue weighted by molar-refractivity contribution is 6.30. The molecular formula is C12H16Cl2N2O. The van der Waals surface area contributed by atoms with E-state index in [1.54, 1.807) is 0 Å². The van der Waals surface area contributed by atoms with Crippen LogP contribution in [0.3, 0.4) is 0 Å². The molecule has 3 N–H and O–H groups in total. The third kappa shape index (κ3) is 3.35. The Kier molecular flexibility index (Phi) is 4.42. The zero-order valence-electron chi connectivity index (χ0n) is 9.57. The maximum Gasteiger partial charge on any atom is 0.240 e. The number of carbonyl (C=O) groups is 1. The quantitative estimate of drug-likeness (QED) is 0.890. The van der Waals surface area contributed by atoms with Crippen molar-refractivity contribution < 1.29 is 4.79 Å². The molecule has 1 amide bonds. The Labute approximate surface area is 112 Å². The molecule has 0 saturated heterocycles. The molecule has 5 heteroatoms. The van der Waals surface area contributed by atoms with Gasteiger partial charge in [-0.25, -0.2) is 0 Å². The van der Waals surface area contributed by atoms with Gasteiger partial charge in [-0.05, 0) is 37.5 Å². The molecule has 3 nitrogen and oxygen atoms in total. The van der Waals surface area contributed by atoms with Crippen molar-refractivity contribution in [3.8, 4) is 0 Å². The van der Waals surface area contributed by atoms with Crippen LogP contribution in [-0.2, 0) is 4.79 Å². The standard InChI is InChI=1S/C12H15ClN2O.ClH/c1-8(9-2-4-10(13)5-3-9)15-11(16)12(14)6-7-12;/h2-5,8H,6-7,14H2,1H3,(H,15,16);1H. The Morgan fingerprint density at radius 1 is 1.41 bits per heavy atom. The molecule has 0 bridgehead atoms. The highest BCUT2D eigenvalue weighted by Crippen LogP contribution is 2.32. The fraction of sp³-hybridized carbons (Fsp3) is 0.417. The van der Waals surface area contributed by atoms with Crippen molar-refractivity contribution >= 4 is 29.9 Å². The fourth-order valence-corrected chi connectivity index (χ4v) is 1.66. The summed E-state index contributed by atoms with van der Waals surface area (Å²) < 4.78 is 0. The van der Waals surface area contributed by atoms with Crippen LogP contribution in [-0.4, -0.2) is 11.4 Å². The van der Waals surface area contributed by atoms with Crippen molar-refractivity contribution in [2.75, 3.05) is 0 Å². The van der Waals surface area contributed by atoms with Crippen LogP contribution >= 0.6 is 24.0 Å². The minimum Gasteiger partial charge on any atom is -0.348 e. The number of nitrogens with two attached hydrogens (primary N) is 1. The lowest BCUT2D eigenvalue weighted by atomic mass is 10.1. The van der Waals surface area contributed by atoms with E-state index in [9.17, 15) is 4.79 Å². The average molecular weight is 275 g/mol. The molecule has 2 rings (SSSR count). The predicted molar refractivity (Wildman–Crippen MR) is 71.4 cm³/mol. The number of hydrogen-bond donors (Lipinski definition) is 2. The van der Waals surface area contributed by atoms with Gasteiger partial charge in [0.2, 0.25) is 5.91 Å². The lowest BCUT2D eigenvalue weighted by Crippen LogP contribution is -2.43. The number of hydrogen-bond acceptors (Lipinski definition) is 2. The number of rotatable bonds is 3. The van der Waals surface area contributed by atoms with Crippen molar-refractivity contribution in [3.05, 3.63) is 34.9 Å². The van der Waals surface area contributed by atoms with Crippen molar-refractivity contribution in [2.24, 2.45) is 5.73 Å². The van der Waals surface area contributed by atoms with Crippen molar-refractivity contribution in [3.63, 3.8) is 0 Å². The topological polar surface area (TPSA) is 55.1 Å². The molecule has 1 aliphatic carbocycles. The van der Waals surface area contributed by atoms with Crippen LogP contribution in [0.1, 0.15) is 31.4 Å². The van der Waals surface area contributed by atoms with Crippen molar-refractivity contribution in [1.82, 2.24) is 5.32 Å². The number of benzene rings is 1. The van der Waals surface area contributed by atoms with Crippen LogP contribution in [0.4, 0.5) is 0 Å². The fourth-order valence-electron chi connectivity index (χ4n) is 1.54. The van der Waals surface area contributed by atoms with Crippen molar-refractivity contribution in [1.29, 1.82) is 0 Å². The first-order valence-electron chi connectivity index (χ1n) is 5.36. The van der Waals surface area contributed by atoms with E-state index in [1.165, 1.54) is 0 Å². The maximum absolute atomic E-state index is 11.7. The van der Waals surface area contributed by atoms with E-state index in [1.807, 2.05) is 31.2 Å². The Balaban J connectivity index is 0.00000144. The van der Waals surface area contributed by atoms with Crippen LogP contribution in [0.15, 0.2) is 24.3 Å². The second-order valence-corrected chi connectivity index (χ2v) is 4.84. The summed E-state index contributed by atoms with van der Waals surface area (Å²) in [5.74, 6) is -0.0602. The van der Waals surface area contributed by atoms with Gasteiger partial charge in [0.15, 0.2) is 0 Å². The number of carbonyl (C=O) groups excluding carboxylic acids is 1. The first kappa shape index (κ1) is 14.3. The summed E-state index contributed by atoms with van der Waals surface area (Å²) in [4.78, 5) is 11.7. The molecule has 1 atom stereocenters. The minimum atomic E-state index is -0.610. The third-order valence-corrected chi connectivity index (χ3v) is 3.21. The van der Waals surface area contributed by atoms with Crippen LogP contribution < -0.4 is 11.1 Å². The van der Waals surface area contributed by atoms with Gasteiger partial charge in [-0.15, -0.1) is 12.4 Å². The van der Waals surface area contributed by atoms with Gasteiger partial charge >= 0.3 is 0 Å². The van der Waals surface area contributed by atoms with Crippen molar-refractivity contribution in [2.45, 2.75) is 31.3 Å². The number of amides is 1. The third-order valence-electron chi connectivity index (χ3n) is 2.96. The van der Waals surface area contributed by atoms with E-state index in [-0.39, 0.29) is 24.4 Å². The van der Waals surface area contributed by atoms with Crippen LogP contribution in [0.5, 0.6) is 0 Å². The Bertz CT molecular complexity index is 401. The van der Waals surface area contributed by atoms with Gasteiger partial charge in [0.05, 0.1) is 11.6 Å². The predicted octanol–water partition coefficient (Wildman–Crippen LogP) is 2.43. The summed E-state index contributed by atoms with van der Waals surface area (Å²) in [6, 6.07) is 7.40. The summed E-state index contributed by atoms with van der Waals surface area (Å²) in [7, 11) is 0. The maximum atomic E-state index is 11.7. The van der Waals surface area contributed by atoms with Crippen LogP contribution in [0, 0.1) is 0 Å². The van der Waals surface area contributed by atoms with E-state index in [4.69, 9.17) is 17.3 Å². The highest BCUT2D eigenvalue weighted by Gasteiger charge is 2.46. The summed E-state index contributed by atoms with van der Waals surface area (Å²) in [6.07, 6.45) is 1.57. The van der Waals surface area contributed by atoms with Gasteiger partial charge in [-0.3, -0.25) is 4.79 Å². The molecule has 17 heavy (non-hydrogen) atoms. The summed E-state index contributed by atoms with van der Waals surface area (Å²) in [5.41, 5.74) is 6.23. The molecule has 1 aromatic carbocycles. The molecule has 0 aliphatic heterocycles. The lowest BCUT2D eigenvalue weighted by molar-refractivity contribution is -0.123. The van der Waals surface area contributed by atoms with E-state index in [0.29, 0.717) is 5.02 Å². The van der Waals surface area contributed by atoms with Gasteiger partial charge in [0.25, 0.3) is 0 Å². The molecule has 0 spiro atoms. The Hall–Kier alpha value is -0.770. The molecule has 94 valence electrons. The number of nitrogens with one attached hydrogen (secondary N) is 1. The molecular weight excluding hydrogens is 259 g/mol. The Morgan fingerprint density at radius 2 is 1.94 bits per heavy atom. The molecule has 0 aromatic heterocycles. The zero-order valence-corrected chi connectivity index (χ0v) is 11.1. The normalized spacial score (nSPS) is 17.8. The zero-order chi connectivity index (χ0) is 11.8. The molecule has 1 unspecified atom stereocenters. The molecule has 0 radical (unpaired) electrons. The molecule has 1 saturated carbocycles. The van der Waals surface area contributed by atoms with Gasteiger partial charge in [0.1, 0.15) is 0 Å². The van der Waals surface area contributed by atoms with Gasteiger partial charge in [-0.2, -0.15) is 0 Å². The second-order valence-electron chi connectivity index (χ2n) is 4.40. The SMILES string of the molecule is CC(NC(=O)C1(N)CC1)c1ccc(Cl)cc1.Cl. The Morgan fingerprint density at radius 3 is 2.41 bits per heavy atom. The summed E-state index contributed by atoms with van der Waals surface area (Å²) in [6.45, 7) is 1.94.